The molecule has 2 saturated heterocycles. The van der Waals surface area contributed by atoms with Crippen molar-refractivity contribution in [1.82, 2.24) is 19.8 Å². The molecule has 3 heterocycles. The van der Waals surface area contributed by atoms with Crippen LogP contribution in [0.2, 0.25) is 0 Å². The molecule has 2 aliphatic heterocycles. The number of thiol groups is 1. The predicted molar refractivity (Wildman–Crippen MR) is 121 cm³/mol. The maximum Gasteiger partial charge on any atom is 0.225 e. The predicted octanol–water partition coefficient (Wildman–Crippen LogP) is 3.71. The van der Waals surface area contributed by atoms with Crippen molar-refractivity contribution in [2.45, 2.75) is 76.8 Å². The van der Waals surface area contributed by atoms with Gasteiger partial charge in [0, 0.05) is 44.1 Å². The van der Waals surface area contributed by atoms with E-state index in [2.05, 4.69) is 67.5 Å². The van der Waals surface area contributed by atoms with Crippen molar-refractivity contribution in [2.24, 2.45) is 5.92 Å². The fourth-order valence-electron chi connectivity index (χ4n) is 4.78. The van der Waals surface area contributed by atoms with Crippen LogP contribution in [0.15, 0.2) is 12.4 Å². The number of unbranched alkanes of at least 4 members (excludes halogenated alkanes) is 2. The maximum atomic E-state index is 4.74. The summed E-state index contributed by atoms with van der Waals surface area (Å²) in [6.07, 6.45) is 11.5. The minimum Gasteiger partial charge on any atom is -0.332 e. The van der Waals surface area contributed by atoms with Gasteiger partial charge in [-0.3, -0.25) is 4.90 Å². The van der Waals surface area contributed by atoms with Crippen LogP contribution in [0.4, 0.5) is 5.95 Å². The first-order valence-corrected chi connectivity index (χ1v) is 11.7. The lowest BCUT2D eigenvalue weighted by Gasteiger charge is -2.42. The second kappa shape index (κ2) is 10.3. The van der Waals surface area contributed by atoms with E-state index in [-0.39, 0.29) is 0 Å². The van der Waals surface area contributed by atoms with Crippen LogP contribution in [-0.4, -0.2) is 70.5 Å². The highest BCUT2D eigenvalue weighted by Gasteiger charge is 2.41. The molecule has 6 heteroatoms. The van der Waals surface area contributed by atoms with Gasteiger partial charge >= 0.3 is 0 Å². The van der Waals surface area contributed by atoms with Crippen molar-refractivity contribution in [3.05, 3.63) is 18.0 Å². The number of aromatic nitrogens is 2. The minimum absolute atomic E-state index is 0.332. The highest BCUT2D eigenvalue weighted by Crippen LogP contribution is 2.33. The quantitative estimate of drug-likeness (QED) is 0.474. The summed E-state index contributed by atoms with van der Waals surface area (Å²) in [7, 11) is 2.23. The Morgan fingerprint density at radius 3 is 2.29 bits per heavy atom. The van der Waals surface area contributed by atoms with E-state index < -0.39 is 0 Å². The summed E-state index contributed by atoms with van der Waals surface area (Å²) in [6.45, 7) is 11.3. The number of aryl methyl sites for hydroxylation is 1. The van der Waals surface area contributed by atoms with Crippen LogP contribution in [0, 0.1) is 5.92 Å². The normalized spacial score (nSPS) is 23.8. The van der Waals surface area contributed by atoms with Gasteiger partial charge in [0.2, 0.25) is 5.95 Å². The van der Waals surface area contributed by atoms with Crippen LogP contribution < -0.4 is 4.90 Å². The number of hydrogen-bond donors (Lipinski definition) is 1. The number of nitrogens with zero attached hydrogens (tertiary/aromatic N) is 5. The molecular formula is C22H39N5S. The van der Waals surface area contributed by atoms with E-state index in [1.807, 2.05) is 0 Å². The van der Waals surface area contributed by atoms with Gasteiger partial charge in [-0.1, -0.05) is 20.3 Å². The monoisotopic (exact) mass is 405 g/mol. The van der Waals surface area contributed by atoms with E-state index in [4.69, 9.17) is 9.97 Å². The highest BCUT2D eigenvalue weighted by atomic mass is 32.1. The lowest BCUT2D eigenvalue weighted by atomic mass is 10.1. The lowest BCUT2D eigenvalue weighted by Crippen LogP contribution is -2.55. The van der Waals surface area contributed by atoms with Crippen LogP contribution in [0.3, 0.4) is 0 Å². The van der Waals surface area contributed by atoms with Gasteiger partial charge in [-0.05, 0) is 64.1 Å². The van der Waals surface area contributed by atoms with Crippen molar-refractivity contribution in [2.75, 3.05) is 38.1 Å². The molecule has 0 N–H and O–H groups in total. The van der Waals surface area contributed by atoms with Crippen LogP contribution in [0.5, 0.6) is 0 Å². The molecule has 2 bridgehead atoms. The molecule has 3 rings (SSSR count). The van der Waals surface area contributed by atoms with E-state index in [0.717, 1.165) is 31.4 Å². The van der Waals surface area contributed by atoms with Gasteiger partial charge in [-0.15, -0.1) is 0 Å². The standard InChI is InChI=1S/C22H39N5S/c1-17(2)14-25(4)11-7-5-6-8-19-12-23-22(24-13-19)27-20-9-10-21(27)16-26(15-20)18(3)28/h12-13,17-18,20-21,28H,5-11,14-16H2,1-4H3. The lowest BCUT2D eigenvalue weighted by molar-refractivity contribution is 0.213. The van der Waals surface area contributed by atoms with Crippen molar-refractivity contribution in [3.8, 4) is 0 Å². The van der Waals surface area contributed by atoms with Gasteiger partial charge < -0.3 is 9.80 Å². The molecule has 0 aliphatic carbocycles. The van der Waals surface area contributed by atoms with E-state index in [1.54, 1.807) is 0 Å². The van der Waals surface area contributed by atoms with Crippen molar-refractivity contribution >= 4 is 18.6 Å². The Balaban J connectivity index is 1.42. The van der Waals surface area contributed by atoms with E-state index in [9.17, 15) is 0 Å². The molecular weight excluding hydrogens is 366 g/mol. The first-order chi connectivity index (χ1) is 13.4. The highest BCUT2D eigenvalue weighted by molar-refractivity contribution is 7.80. The number of rotatable bonds is 10. The molecule has 0 aromatic carbocycles. The Morgan fingerprint density at radius 2 is 1.71 bits per heavy atom. The number of piperazine rings is 1. The Morgan fingerprint density at radius 1 is 1.07 bits per heavy atom. The summed E-state index contributed by atoms with van der Waals surface area (Å²) in [6, 6.07) is 1.09. The molecule has 2 aliphatic rings. The van der Waals surface area contributed by atoms with E-state index in [0.29, 0.717) is 17.5 Å². The Kier molecular flexibility index (Phi) is 8.01. The first kappa shape index (κ1) is 21.8. The second-order valence-corrected chi connectivity index (χ2v) is 9.98. The van der Waals surface area contributed by atoms with Gasteiger partial charge in [-0.2, -0.15) is 12.6 Å². The van der Waals surface area contributed by atoms with Gasteiger partial charge in [0.15, 0.2) is 0 Å². The van der Waals surface area contributed by atoms with Crippen LogP contribution in [0.1, 0.15) is 58.4 Å². The first-order valence-electron chi connectivity index (χ1n) is 11.1. The number of likely N-dealkylation sites (tertiary alicyclic amines) is 1. The van der Waals surface area contributed by atoms with Crippen LogP contribution >= 0.6 is 12.6 Å². The maximum absolute atomic E-state index is 4.74. The summed E-state index contributed by atoms with van der Waals surface area (Å²) in [4.78, 5) is 16.9. The van der Waals surface area contributed by atoms with Crippen LogP contribution in [-0.2, 0) is 6.42 Å². The van der Waals surface area contributed by atoms with Crippen molar-refractivity contribution in [3.63, 3.8) is 0 Å². The minimum atomic E-state index is 0.332. The molecule has 1 aromatic rings. The molecule has 5 nitrogen and oxygen atoms in total. The van der Waals surface area contributed by atoms with E-state index in [1.165, 1.54) is 50.8 Å². The van der Waals surface area contributed by atoms with Crippen molar-refractivity contribution in [1.29, 1.82) is 0 Å². The van der Waals surface area contributed by atoms with E-state index >= 15 is 0 Å². The third kappa shape index (κ3) is 5.83. The second-order valence-electron chi connectivity index (χ2n) is 9.24. The SMILES string of the molecule is CC(C)CN(C)CCCCCc1cnc(N2C3CCC2CN(C(C)S)C3)nc1. The van der Waals surface area contributed by atoms with Gasteiger partial charge in [-0.25, -0.2) is 9.97 Å². The average Bonchev–Trinajstić information content (AvgIpc) is 2.90. The summed E-state index contributed by atoms with van der Waals surface area (Å²) in [5.41, 5.74) is 1.27. The zero-order valence-electron chi connectivity index (χ0n) is 18.2. The van der Waals surface area contributed by atoms with Crippen molar-refractivity contribution < 1.29 is 0 Å². The molecule has 3 atom stereocenters. The fourth-order valence-corrected chi connectivity index (χ4v) is 4.97. The summed E-state index contributed by atoms with van der Waals surface area (Å²) >= 11 is 4.63. The summed E-state index contributed by atoms with van der Waals surface area (Å²) in [5, 5.41) is 0.332. The Labute approximate surface area is 177 Å². The largest absolute Gasteiger partial charge is 0.332 e. The average molecular weight is 406 g/mol. The Bertz CT molecular complexity index is 577. The zero-order valence-corrected chi connectivity index (χ0v) is 19.1. The topological polar surface area (TPSA) is 35.5 Å². The molecule has 0 amide bonds. The molecule has 1 aromatic heterocycles. The molecule has 3 unspecified atom stereocenters. The van der Waals surface area contributed by atoms with Gasteiger partial charge in [0.25, 0.3) is 0 Å². The smallest absolute Gasteiger partial charge is 0.225 e. The van der Waals surface area contributed by atoms with Gasteiger partial charge in [0.1, 0.15) is 0 Å². The number of fused-ring (bicyclic) bond motifs is 2. The summed E-state index contributed by atoms with van der Waals surface area (Å²) < 4.78 is 0. The zero-order chi connectivity index (χ0) is 20.1. The molecule has 158 valence electrons. The molecule has 0 spiro atoms. The third-order valence-corrected chi connectivity index (χ3v) is 6.47. The fraction of sp³-hybridized carbons (Fsp3) is 0.818. The Hall–Kier alpha value is -0.850. The molecule has 0 radical (unpaired) electrons. The third-order valence-electron chi connectivity index (χ3n) is 6.14. The molecule has 2 fully saturated rings. The van der Waals surface area contributed by atoms with Crippen LogP contribution in [0.25, 0.3) is 0 Å². The summed E-state index contributed by atoms with van der Waals surface area (Å²) in [5.74, 6) is 1.68. The molecule has 0 saturated carbocycles. The van der Waals surface area contributed by atoms with Gasteiger partial charge in [0.05, 0.1) is 5.37 Å². The number of hydrogen-bond acceptors (Lipinski definition) is 6. The number of anilines is 1. The molecule has 28 heavy (non-hydrogen) atoms.